The Hall–Kier alpha value is -2.09. The number of amides is 1. The lowest BCUT2D eigenvalue weighted by Crippen LogP contribution is -2.55. The molecule has 162 valence electrons. The highest BCUT2D eigenvalue weighted by atomic mass is 16.2. The Bertz CT molecular complexity index is 666. The van der Waals surface area contributed by atoms with Crippen LogP contribution in [0.2, 0.25) is 0 Å². The first kappa shape index (κ1) is 21.6. The maximum atomic E-state index is 12.6. The van der Waals surface area contributed by atoms with Crippen LogP contribution >= 0.6 is 0 Å². The van der Waals surface area contributed by atoms with Crippen molar-refractivity contribution in [2.75, 3.05) is 57.3 Å². The van der Waals surface area contributed by atoms with Gasteiger partial charge in [-0.1, -0.05) is 12.8 Å². The summed E-state index contributed by atoms with van der Waals surface area (Å²) >= 11 is 0. The molecule has 1 aromatic rings. The van der Waals surface area contributed by atoms with Crippen molar-refractivity contribution in [3.8, 4) is 0 Å². The number of unbranched alkanes of at least 4 members (excludes halogenated alkanes) is 2. The molecule has 29 heavy (non-hydrogen) atoms. The van der Waals surface area contributed by atoms with E-state index in [0.29, 0.717) is 13.1 Å². The molecule has 1 amide bonds. The molecule has 0 saturated carbocycles. The molecule has 1 N–H and O–H groups in total. The summed E-state index contributed by atoms with van der Waals surface area (Å²) in [4.78, 5) is 23.9. The predicted octanol–water partition coefficient (Wildman–Crippen LogP) is 1.69. The van der Waals surface area contributed by atoms with Crippen LogP contribution in [0.4, 0.5) is 5.69 Å². The highest BCUT2D eigenvalue weighted by molar-refractivity contribution is 5.98. The van der Waals surface area contributed by atoms with Crippen LogP contribution in [-0.4, -0.2) is 83.8 Å². The summed E-state index contributed by atoms with van der Waals surface area (Å²) < 4.78 is 1.73. The van der Waals surface area contributed by atoms with E-state index in [1.54, 1.807) is 10.9 Å². The largest absolute Gasteiger partial charge is 0.357 e. The van der Waals surface area contributed by atoms with Crippen LogP contribution in [0.5, 0.6) is 0 Å². The monoisotopic (exact) mass is 403 g/mol. The molecule has 0 aromatic carbocycles. The normalized spacial score (nSPS) is 19.1. The van der Waals surface area contributed by atoms with Gasteiger partial charge in [-0.3, -0.25) is 14.5 Å². The lowest BCUT2D eigenvalue weighted by Gasteiger charge is -2.35. The Kier molecular flexibility index (Phi) is 8.34. The second kappa shape index (κ2) is 11.2. The zero-order valence-electron chi connectivity index (χ0n) is 18.1. The minimum Gasteiger partial charge on any atom is -0.357 e. The molecule has 0 spiro atoms. The van der Waals surface area contributed by atoms with Gasteiger partial charge < -0.3 is 20.0 Å². The number of likely N-dealkylation sites (tertiary alicyclic amines) is 1. The quantitative estimate of drug-likeness (QED) is 0.406. The van der Waals surface area contributed by atoms with Crippen molar-refractivity contribution in [2.45, 2.75) is 45.4 Å². The third-order valence-electron chi connectivity index (χ3n) is 5.70. The maximum Gasteiger partial charge on any atom is 0.246 e. The smallest absolute Gasteiger partial charge is 0.246 e. The van der Waals surface area contributed by atoms with Crippen LogP contribution in [0.1, 0.15) is 45.4 Å². The van der Waals surface area contributed by atoms with Crippen molar-refractivity contribution in [3.63, 3.8) is 0 Å². The van der Waals surface area contributed by atoms with Gasteiger partial charge in [0.05, 0.1) is 11.9 Å². The fourth-order valence-corrected chi connectivity index (χ4v) is 4.09. The van der Waals surface area contributed by atoms with Gasteiger partial charge in [0.15, 0.2) is 5.96 Å². The number of aryl methyl sites for hydroxylation is 1. The van der Waals surface area contributed by atoms with Gasteiger partial charge in [-0.25, -0.2) is 0 Å². The average Bonchev–Trinajstić information content (AvgIpc) is 3.16. The maximum absolute atomic E-state index is 12.6. The number of rotatable bonds is 8. The Balaban J connectivity index is 1.42. The first-order chi connectivity index (χ1) is 14.2. The molecule has 3 rings (SSSR count). The number of hydrogen-bond donors (Lipinski definition) is 1. The zero-order valence-corrected chi connectivity index (χ0v) is 18.1. The van der Waals surface area contributed by atoms with Gasteiger partial charge in [-0.15, -0.1) is 0 Å². The number of hydrogen-bond acceptors (Lipinski definition) is 4. The van der Waals surface area contributed by atoms with Gasteiger partial charge in [-0.2, -0.15) is 5.10 Å². The average molecular weight is 404 g/mol. The topological polar surface area (TPSA) is 69.0 Å². The van der Waals surface area contributed by atoms with E-state index < -0.39 is 0 Å². The third-order valence-corrected chi connectivity index (χ3v) is 5.70. The van der Waals surface area contributed by atoms with Crippen LogP contribution in [0.25, 0.3) is 0 Å². The minimum absolute atomic E-state index is 0.0939. The number of carbonyl (C=O) groups excluding carboxylic acids is 1. The molecule has 0 aliphatic carbocycles. The van der Waals surface area contributed by atoms with Crippen LogP contribution < -0.4 is 10.2 Å². The van der Waals surface area contributed by atoms with E-state index in [1.165, 1.54) is 51.7 Å². The molecule has 3 heterocycles. The lowest BCUT2D eigenvalue weighted by atomic mass is 10.1. The molecule has 2 aliphatic heterocycles. The van der Waals surface area contributed by atoms with Gasteiger partial charge in [0.2, 0.25) is 5.91 Å². The van der Waals surface area contributed by atoms with E-state index in [1.807, 2.05) is 18.1 Å². The first-order valence-corrected chi connectivity index (χ1v) is 11.2. The molecule has 8 heteroatoms. The molecule has 2 saturated heterocycles. The van der Waals surface area contributed by atoms with E-state index in [-0.39, 0.29) is 5.91 Å². The summed E-state index contributed by atoms with van der Waals surface area (Å²) in [6.07, 6.45) is 11.3. The SMILES string of the molecule is CCNC(=NCCCCCN1CCCCC1)N1CCN(c2cnn(C)c2)C(=O)C1. The number of piperazine rings is 1. The molecule has 0 radical (unpaired) electrons. The summed E-state index contributed by atoms with van der Waals surface area (Å²) in [7, 11) is 1.87. The number of anilines is 1. The van der Waals surface area contributed by atoms with E-state index in [9.17, 15) is 4.79 Å². The molecule has 0 unspecified atom stereocenters. The number of carbonyl (C=O) groups is 1. The van der Waals surface area contributed by atoms with E-state index in [0.717, 1.165) is 37.7 Å². The van der Waals surface area contributed by atoms with Crippen LogP contribution in [0, 0.1) is 0 Å². The van der Waals surface area contributed by atoms with Crippen molar-refractivity contribution < 1.29 is 4.79 Å². The standard InChI is InChI=1S/C21H37N7O/c1-3-22-21(23-10-6-4-7-11-26-12-8-5-9-13-26)27-14-15-28(20(29)18-27)19-16-24-25(2)17-19/h16-17H,3-15,18H2,1-2H3,(H,22,23). The van der Waals surface area contributed by atoms with Gasteiger partial charge in [0.25, 0.3) is 0 Å². The number of guanidine groups is 1. The van der Waals surface area contributed by atoms with E-state index >= 15 is 0 Å². The molecule has 8 nitrogen and oxygen atoms in total. The Morgan fingerprint density at radius 3 is 2.66 bits per heavy atom. The van der Waals surface area contributed by atoms with Crippen molar-refractivity contribution in [2.24, 2.45) is 12.0 Å². The molecule has 2 aliphatic rings. The summed E-state index contributed by atoms with van der Waals surface area (Å²) in [5.74, 6) is 0.958. The summed E-state index contributed by atoms with van der Waals surface area (Å²) in [6.45, 7) is 9.28. The van der Waals surface area contributed by atoms with Gasteiger partial charge in [0.1, 0.15) is 6.54 Å². The highest BCUT2D eigenvalue weighted by Gasteiger charge is 2.27. The second-order valence-electron chi connectivity index (χ2n) is 8.04. The van der Waals surface area contributed by atoms with Gasteiger partial charge in [-0.05, 0) is 52.2 Å². The molecule has 0 bridgehead atoms. The summed E-state index contributed by atoms with van der Waals surface area (Å²) in [5, 5.41) is 7.53. The van der Waals surface area contributed by atoms with Crippen molar-refractivity contribution >= 4 is 17.6 Å². The van der Waals surface area contributed by atoms with Crippen LogP contribution in [-0.2, 0) is 11.8 Å². The van der Waals surface area contributed by atoms with Gasteiger partial charge >= 0.3 is 0 Å². The Morgan fingerprint density at radius 1 is 1.14 bits per heavy atom. The molecular weight excluding hydrogens is 366 g/mol. The molecule has 0 atom stereocenters. The summed E-state index contributed by atoms with van der Waals surface area (Å²) in [6, 6.07) is 0. The third kappa shape index (κ3) is 6.45. The van der Waals surface area contributed by atoms with Gasteiger partial charge in [0, 0.05) is 39.4 Å². The number of nitrogens with zero attached hydrogens (tertiary/aromatic N) is 6. The Labute approximate surface area is 174 Å². The van der Waals surface area contributed by atoms with E-state index in [4.69, 9.17) is 4.99 Å². The Morgan fingerprint density at radius 2 is 1.97 bits per heavy atom. The summed E-state index contributed by atoms with van der Waals surface area (Å²) in [5.41, 5.74) is 0.868. The first-order valence-electron chi connectivity index (χ1n) is 11.2. The fraction of sp³-hybridized carbons (Fsp3) is 0.762. The second-order valence-corrected chi connectivity index (χ2v) is 8.04. The van der Waals surface area contributed by atoms with Crippen molar-refractivity contribution in [3.05, 3.63) is 12.4 Å². The predicted molar refractivity (Wildman–Crippen MR) is 117 cm³/mol. The minimum atomic E-state index is 0.0939. The number of piperidine rings is 1. The lowest BCUT2D eigenvalue weighted by molar-refractivity contribution is -0.120. The zero-order chi connectivity index (χ0) is 20.5. The van der Waals surface area contributed by atoms with Crippen molar-refractivity contribution in [1.29, 1.82) is 0 Å². The number of nitrogens with one attached hydrogen (secondary N) is 1. The van der Waals surface area contributed by atoms with E-state index in [2.05, 4.69) is 27.1 Å². The molecule has 1 aromatic heterocycles. The number of aromatic nitrogens is 2. The highest BCUT2D eigenvalue weighted by Crippen LogP contribution is 2.16. The molecule has 2 fully saturated rings. The van der Waals surface area contributed by atoms with Crippen molar-refractivity contribution in [1.82, 2.24) is 24.9 Å². The molecular formula is C21H37N7O. The van der Waals surface area contributed by atoms with Crippen LogP contribution in [0.3, 0.4) is 0 Å². The van der Waals surface area contributed by atoms with Crippen LogP contribution in [0.15, 0.2) is 17.4 Å². The fourth-order valence-electron chi connectivity index (χ4n) is 4.09. The number of aliphatic imine (C=N–C) groups is 1.